The molecule has 1 fully saturated rings. The van der Waals surface area contributed by atoms with Gasteiger partial charge in [0.25, 0.3) is 0 Å². The van der Waals surface area contributed by atoms with Gasteiger partial charge in [-0.15, -0.1) is 24.1 Å². The van der Waals surface area contributed by atoms with Gasteiger partial charge in [0.1, 0.15) is 6.04 Å². The van der Waals surface area contributed by atoms with Gasteiger partial charge in [0.2, 0.25) is 0 Å². The van der Waals surface area contributed by atoms with E-state index in [9.17, 15) is 9.59 Å². The molecule has 1 rings (SSSR count). The van der Waals surface area contributed by atoms with Crippen molar-refractivity contribution in [2.24, 2.45) is 0 Å². The first-order chi connectivity index (χ1) is 8.51. The molecular weight excluding hydrogens is 252 g/mol. The Hall–Kier alpha value is -1.35. The molecule has 2 N–H and O–H groups in total. The van der Waals surface area contributed by atoms with Crippen LogP contribution in [0.5, 0.6) is 0 Å². The van der Waals surface area contributed by atoms with Gasteiger partial charge < -0.3 is 10.4 Å². The van der Waals surface area contributed by atoms with Crippen LogP contribution in [0.15, 0.2) is 0 Å². The number of carboxylic acids is 1. The third-order valence-electron chi connectivity index (χ3n) is 2.76. The second-order valence-electron chi connectivity index (χ2n) is 4.22. The largest absolute Gasteiger partial charge is 0.480 e. The standard InChI is InChI=1S/C12H18N2O3S/c1-4-6-8(3)13-12(17)14-9(11(15)16)7-18-10(14)5-2/h1,8-10H,5-7H2,2-3H3,(H,13,17)(H,15,16). The first kappa shape index (κ1) is 14.7. The molecule has 5 nitrogen and oxygen atoms in total. The molecule has 0 aromatic rings. The maximum atomic E-state index is 12.1. The predicted octanol–water partition coefficient (Wildman–Crippen LogP) is 1.35. The van der Waals surface area contributed by atoms with Crippen LogP contribution in [0.25, 0.3) is 0 Å². The van der Waals surface area contributed by atoms with Crippen LogP contribution in [0, 0.1) is 12.3 Å². The van der Waals surface area contributed by atoms with Crippen molar-refractivity contribution < 1.29 is 14.7 Å². The van der Waals surface area contributed by atoms with E-state index in [1.165, 1.54) is 16.7 Å². The smallest absolute Gasteiger partial charge is 0.327 e. The molecule has 1 heterocycles. The molecule has 1 saturated heterocycles. The van der Waals surface area contributed by atoms with Gasteiger partial charge in [-0.25, -0.2) is 9.59 Å². The predicted molar refractivity (Wildman–Crippen MR) is 71.2 cm³/mol. The molecule has 6 heteroatoms. The van der Waals surface area contributed by atoms with Crippen molar-refractivity contribution in [1.82, 2.24) is 10.2 Å². The highest BCUT2D eigenvalue weighted by Crippen LogP contribution is 2.31. The number of aliphatic carboxylic acids is 1. The SMILES string of the molecule is C#CCC(C)NC(=O)N1C(CC)SCC1C(=O)O. The lowest BCUT2D eigenvalue weighted by molar-refractivity contribution is -0.141. The Morgan fingerprint density at radius 1 is 1.67 bits per heavy atom. The fourth-order valence-corrected chi connectivity index (χ4v) is 3.20. The maximum absolute atomic E-state index is 12.1. The number of amides is 2. The van der Waals surface area contributed by atoms with Gasteiger partial charge in [0.05, 0.1) is 5.37 Å². The molecule has 0 aliphatic carbocycles. The van der Waals surface area contributed by atoms with E-state index in [0.717, 1.165) is 6.42 Å². The van der Waals surface area contributed by atoms with Gasteiger partial charge >= 0.3 is 12.0 Å². The van der Waals surface area contributed by atoms with E-state index in [0.29, 0.717) is 12.2 Å². The molecule has 1 aliphatic heterocycles. The normalized spacial score (nSPS) is 24.4. The molecule has 0 spiro atoms. The summed E-state index contributed by atoms with van der Waals surface area (Å²) in [6.07, 6.45) is 6.33. The van der Waals surface area contributed by atoms with E-state index in [1.807, 2.05) is 6.92 Å². The molecule has 2 amide bonds. The molecule has 0 saturated carbocycles. The van der Waals surface area contributed by atoms with Gasteiger partial charge in [-0.3, -0.25) is 4.90 Å². The van der Waals surface area contributed by atoms with E-state index < -0.39 is 12.0 Å². The van der Waals surface area contributed by atoms with Gasteiger partial charge in [0.15, 0.2) is 0 Å². The first-order valence-electron chi connectivity index (χ1n) is 5.88. The van der Waals surface area contributed by atoms with Gasteiger partial charge in [0, 0.05) is 18.2 Å². The van der Waals surface area contributed by atoms with Crippen LogP contribution < -0.4 is 5.32 Å². The Balaban J connectivity index is 2.72. The number of urea groups is 1. The van der Waals surface area contributed by atoms with Crippen molar-refractivity contribution in [3.8, 4) is 12.3 Å². The zero-order valence-electron chi connectivity index (χ0n) is 10.5. The Bertz CT molecular complexity index is 367. The molecule has 0 aromatic heterocycles. The number of thioether (sulfide) groups is 1. The third-order valence-corrected chi connectivity index (χ3v) is 4.21. The summed E-state index contributed by atoms with van der Waals surface area (Å²) in [7, 11) is 0. The minimum Gasteiger partial charge on any atom is -0.480 e. The molecule has 0 radical (unpaired) electrons. The topological polar surface area (TPSA) is 69.6 Å². The zero-order valence-corrected chi connectivity index (χ0v) is 11.4. The Morgan fingerprint density at radius 2 is 2.33 bits per heavy atom. The third kappa shape index (κ3) is 3.33. The van der Waals surface area contributed by atoms with Crippen LogP contribution >= 0.6 is 11.8 Å². The molecule has 3 atom stereocenters. The van der Waals surface area contributed by atoms with E-state index in [4.69, 9.17) is 11.5 Å². The van der Waals surface area contributed by atoms with Crippen molar-refractivity contribution in [2.75, 3.05) is 5.75 Å². The van der Waals surface area contributed by atoms with Crippen molar-refractivity contribution >= 4 is 23.8 Å². The number of carbonyl (C=O) groups is 2. The van der Waals surface area contributed by atoms with Crippen molar-refractivity contribution in [1.29, 1.82) is 0 Å². The van der Waals surface area contributed by atoms with Crippen LogP contribution in [-0.4, -0.2) is 45.2 Å². The summed E-state index contributed by atoms with van der Waals surface area (Å²) < 4.78 is 0. The van der Waals surface area contributed by atoms with Gasteiger partial charge in [-0.05, 0) is 13.3 Å². The van der Waals surface area contributed by atoms with E-state index >= 15 is 0 Å². The molecule has 1 aliphatic rings. The van der Waals surface area contributed by atoms with Crippen LogP contribution in [-0.2, 0) is 4.79 Å². The molecule has 18 heavy (non-hydrogen) atoms. The number of hydrogen-bond donors (Lipinski definition) is 2. The second kappa shape index (κ2) is 6.55. The Kier molecular flexibility index (Phi) is 5.35. The van der Waals surface area contributed by atoms with Crippen LogP contribution in [0.1, 0.15) is 26.7 Å². The van der Waals surface area contributed by atoms with Gasteiger partial charge in [-0.2, -0.15) is 0 Å². The minimum absolute atomic E-state index is 0.0795. The fourth-order valence-electron chi connectivity index (χ4n) is 1.85. The van der Waals surface area contributed by atoms with Crippen molar-refractivity contribution in [2.45, 2.75) is 44.1 Å². The number of carboxylic acid groups (broad SMARTS) is 1. The highest BCUT2D eigenvalue weighted by molar-refractivity contribution is 8.00. The first-order valence-corrected chi connectivity index (χ1v) is 6.92. The quantitative estimate of drug-likeness (QED) is 0.757. The van der Waals surface area contributed by atoms with E-state index in [2.05, 4.69) is 11.2 Å². The minimum atomic E-state index is -0.960. The maximum Gasteiger partial charge on any atom is 0.327 e. The summed E-state index contributed by atoms with van der Waals surface area (Å²) >= 11 is 1.50. The molecule has 3 unspecified atom stereocenters. The summed E-state index contributed by atoms with van der Waals surface area (Å²) in [5.41, 5.74) is 0. The monoisotopic (exact) mass is 270 g/mol. The molecular formula is C12H18N2O3S. The average molecular weight is 270 g/mol. The summed E-state index contributed by atoms with van der Waals surface area (Å²) in [5.74, 6) is 1.94. The van der Waals surface area contributed by atoms with Crippen LogP contribution in [0.4, 0.5) is 4.79 Å². The highest BCUT2D eigenvalue weighted by Gasteiger charge is 2.40. The number of nitrogens with one attached hydrogen (secondary N) is 1. The van der Waals surface area contributed by atoms with E-state index in [1.54, 1.807) is 6.92 Å². The summed E-state index contributed by atoms with van der Waals surface area (Å²) in [6, 6.07) is -1.25. The van der Waals surface area contributed by atoms with Crippen molar-refractivity contribution in [3.63, 3.8) is 0 Å². The molecule has 0 aromatic carbocycles. The van der Waals surface area contributed by atoms with Crippen LogP contribution in [0.2, 0.25) is 0 Å². The average Bonchev–Trinajstić information content (AvgIpc) is 2.72. The zero-order chi connectivity index (χ0) is 13.7. The number of terminal acetylenes is 1. The Morgan fingerprint density at radius 3 is 2.83 bits per heavy atom. The summed E-state index contributed by atoms with van der Waals surface area (Å²) in [5, 5.41) is 11.8. The summed E-state index contributed by atoms with van der Waals surface area (Å²) in [6.45, 7) is 3.74. The molecule has 0 bridgehead atoms. The lowest BCUT2D eigenvalue weighted by atomic mass is 10.2. The number of rotatable bonds is 4. The lowest BCUT2D eigenvalue weighted by Gasteiger charge is -2.28. The molecule has 100 valence electrons. The van der Waals surface area contributed by atoms with Crippen LogP contribution in [0.3, 0.4) is 0 Å². The summed E-state index contributed by atoms with van der Waals surface area (Å²) in [4.78, 5) is 24.6. The number of hydrogen-bond acceptors (Lipinski definition) is 3. The highest BCUT2D eigenvalue weighted by atomic mass is 32.2. The van der Waals surface area contributed by atoms with E-state index in [-0.39, 0.29) is 17.4 Å². The lowest BCUT2D eigenvalue weighted by Crippen LogP contribution is -2.51. The van der Waals surface area contributed by atoms with Gasteiger partial charge in [-0.1, -0.05) is 6.92 Å². The second-order valence-corrected chi connectivity index (χ2v) is 5.43. The number of nitrogens with zero attached hydrogens (tertiary/aromatic N) is 1. The Labute approximate surface area is 111 Å². The number of carbonyl (C=O) groups excluding carboxylic acids is 1. The van der Waals surface area contributed by atoms with Crippen molar-refractivity contribution in [3.05, 3.63) is 0 Å². The fraction of sp³-hybridized carbons (Fsp3) is 0.667.